The summed E-state index contributed by atoms with van der Waals surface area (Å²) in [5, 5.41) is 6.95. The van der Waals surface area contributed by atoms with Crippen molar-refractivity contribution in [2.24, 2.45) is 0 Å². The number of benzene rings is 2. The van der Waals surface area contributed by atoms with E-state index in [-0.39, 0.29) is 12.5 Å². The fraction of sp³-hybridized carbons (Fsp3) is 0.318. The molecular formula is C22H24N4O4. The summed E-state index contributed by atoms with van der Waals surface area (Å²) in [5.41, 5.74) is 1.60. The number of anilines is 1. The Morgan fingerprint density at radius 1 is 1.10 bits per heavy atom. The lowest BCUT2D eigenvalue weighted by atomic mass is 10.2. The number of ether oxygens (including phenoxy) is 2. The van der Waals surface area contributed by atoms with Crippen LogP contribution in [0.25, 0.3) is 11.4 Å². The minimum Gasteiger partial charge on any atom is -0.486 e. The number of likely N-dealkylation sites (N-methyl/N-ethyl adjacent to an activating group) is 1. The van der Waals surface area contributed by atoms with Crippen molar-refractivity contribution in [1.82, 2.24) is 15.0 Å². The second kappa shape index (κ2) is 9.41. The highest BCUT2D eigenvalue weighted by Gasteiger charge is 2.15. The van der Waals surface area contributed by atoms with Crippen molar-refractivity contribution in [3.05, 3.63) is 54.4 Å². The van der Waals surface area contributed by atoms with E-state index in [1.54, 1.807) is 6.07 Å². The van der Waals surface area contributed by atoms with Gasteiger partial charge in [-0.1, -0.05) is 42.4 Å². The third-order valence-electron chi connectivity index (χ3n) is 4.78. The number of amides is 1. The van der Waals surface area contributed by atoms with Crippen molar-refractivity contribution in [3.8, 4) is 22.9 Å². The first-order chi connectivity index (χ1) is 14.7. The minimum absolute atomic E-state index is 0.0935. The van der Waals surface area contributed by atoms with E-state index in [1.165, 1.54) is 0 Å². The van der Waals surface area contributed by atoms with Crippen molar-refractivity contribution in [2.75, 3.05) is 38.2 Å². The maximum absolute atomic E-state index is 12.5. The number of aromatic nitrogens is 2. The first kappa shape index (κ1) is 19.9. The van der Waals surface area contributed by atoms with Crippen LogP contribution in [0.4, 0.5) is 5.69 Å². The molecule has 1 aliphatic heterocycles. The molecule has 2 heterocycles. The molecule has 30 heavy (non-hydrogen) atoms. The maximum Gasteiger partial charge on any atom is 0.238 e. The number of hydrogen-bond donors (Lipinski definition) is 1. The first-order valence-electron chi connectivity index (χ1n) is 10.0. The lowest BCUT2D eigenvalue weighted by Crippen LogP contribution is -2.34. The van der Waals surface area contributed by atoms with E-state index in [9.17, 15) is 4.79 Å². The summed E-state index contributed by atoms with van der Waals surface area (Å²) in [4.78, 5) is 18.9. The Kier molecular flexibility index (Phi) is 6.24. The molecule has 1 amide bonds. The van der Waals surface area contributed by atoms with Crippen LogP contribution in [-0.2, 0) is 11.2 Å². The Balaban J connectivity index is 1.29. The third-order valence-corrected chi connectivity index (χ3v) is 4.78. The van der Waals surface area contributed by atoms with Gasteiger partial charge >= 0.3 is 0 Å². The monoisotopic (exact) mass is 408 g/mol. The molecule has 156 valence electrons. The molecule has 1 aromatic heterocycles. The number of rotatable bonds is 8. The molecule has 0 unspecified atom stereocenters. The van der Waals surface area contributed by atoms with Gasteiger partial charge in [-0.2, -0.15) is 4.98 Å². The predicted molar refractivity (Wildman–Crippen MR) is 112 cm³/mol. The minimum atomic E-state index is -0.0935. The fourth-order valence-corrected chi connectivity index (χ4v) is 3.19. The molecule has 0 bridgehead atoms. The van der Waals surface area contributed by atoms with Crippen LogP contribution in [0.1, 0.15) is 12.8 Å². The molecule has 1 N–H and O–H groups in total. The summed E-state index contributed by atoms with van der Waals surface area (Å²) in [7, 11) is 0. The van der Waals surface area contributed by atoms with Gasteiger partial charge in [0.1, 0.15) is 13.2 Å². The molecule has 0 saturated heterocycles. The highest BCUT2D eigenvalue weighted by molar-refractivity contribution is 5.92. The zero-order valence-electron chi connectivity index (χ0n) is 16.8. The normalized spacial score (nSPS) is 12.7. The molecule has 0 aliphatic carbocycles. The van der Waals surface area contributed by atoms with Crippen LogP contribution >= 0.6 is 0 Å². The largest absolute Gasteiger partial charge is 0.486 e. The smallest absolute Gasteiger partial charge is 0.238 e. The molecule has 0 spiro atoms. The average Bonchev–Trinajstić information content (AvgIpc) is 3.26. The predicted octanol–water partition coefficient (Wildman–Crippen LogP) is 3.01. The average molecular weight is 408 g/mol. The molecule has 8 heteroatoms. The summed E-state index contributed by atoms with van der Waals surface area (Å²) < 4.78 is 16.4. The quantitative estimate of drug-likeness (QED) is 0.613. The maximum atomic E-state index is 12.5. The second-order valence-corrected chi connectivity index (χ2v) is 6.90. The summed E-state index contributed by atoms with van der Waals surface area (Å²) >= 11 is 0. The summed E-state index contributed by atoms with van der Waals surface area (Å²) in [5.74, 6) is 2.38. The SMILES string of the molecule is CCN(CCc1nc(-c2ccccc2)no1)CC(=O)Nc1ccc2c(c1)OCCO2. The second-order valence-electron chi connectivity index (χ2n) is 6.90. The number of hydrogen-bond acceptors (Lipinski definition) is 7. The number of nitrogens with zero attached hydrogens (tertiary/aromatic N) is 3. The van der Waals surface area contributed by atoms with E-state index < -0.39 is 0 Å². The number of nitrogens with one attached hydrogen (secondary N) is 1. The van der Waals surface area contributed by atoms with E-state index in [2.05, 4.69) is 15.5 Å². The number of carbonyl (C=O) groups excluding carboxylic acids is 1. The lowest BCUT2D eigenvalue weighted by Gasteiger charge is -2.20. The highest BCUT2D eigenvalue weighted by Crippen LogP contribution is 2.32. The topological polar surface area (TPSA) is 89.7 Å². The molecule has 1 aliphatic rings. The molecule has 8 nitrogen and oxygen atoms in total. The summed E-state index contributed by atoms with van der Waals surface area (Å²) in [6.45, 7) is 4.70. The number of fused-ring (bicyclic) bond motifs is 1. The van der Waals surface area contributed by atoms with Gasteiger partial charge in [-0.15, -0.1) is 0 Å². The Morgan fingerprint density at radius 3 is 2.70 bits per heavy atom. The van der Waals surface area contributed by atoms with Crippen LogP contribution in [0.15, 0.2) is 53.1 Å². The van der Waals surface area contributed by atoms with E-state index in [4.69, 9.17) is 14.0 Å². The Hall–Kier alpha value is -3.39. The van der Waals surface area contributed by atoms with Gasteiger partial charge in [0.05, 0.1) is 6.54 Å². The van der Waals surface area contributed by atoms with Crippen molar-refractivity contribution in [2.45, 2.75) is 13.3 Å². The zero-order valence-corrected chi connectivity index (χ0v) is 16.8. The van der Waals surface area contributed by atoms with Crippen molar-refractivity contribution in [1.29, 1.82) is 0 Å². The van der Waals surface area contributed by atoms with Crippen LogP contribution in [0.5, 0.6) is 11.5 Å². The van der Waals surface area contributed by atoms with Crippen LogP contribution < -0.4 is 14.8 Å². The van der Waals surface area contributed by atoms with E-state index in [0.29, 0.717) is 55.1 Å². The van der Waals surface area contributed by atoms with Gasteiger partial charge in [0, 0.05) is 30.3 Å². The molecular weight excluding hydrogens is 384 g/mol. The van der Waals surface area contributed by atoms with Gasteiger partial charge in [0.2, 0.25) is 17.6 Å². The number of carbonyl (C=O) groups is 1. The van der Waals surface area contributed by atoms with Gasteiger partial charge < -0.3 is 19.3 Å². The molecule has 2 aromatic carbocycles. The van der Waals surface area contributed by atoms with Crippen molar-refractivity contribution < 1.29 is 18.8 Å². The molecule has 0 fully saturated rings. The van der Waals surface area contributed by atoms with E-state index in [0.717, 1.165) is 12.1 Å². The Bertz CT molecular complexity index is 990. The van der Waals surface area contributed by atoms with E-state index >= 15 is 0 Å². The van der Waals surface area contributed by atoms with Crippen LogP contribution in [0.3, 0.4) is 0 Å². The zero-order chi connectivity index (χ0) is 20.8. The van der Waals surface area contributed by atoms with E-state index in [1.807, 2.05) is 54.3 Å². The molecule has 3 aromatic rings. The van der Waals surface area contributed by atoms with Crippen LogP contribution in [0, 0.1) is 0 Å². The van der Waals surface area contributed by atoms with Gasteiger partial charge in [0.25, 0.3) is 0 Å². The van der Waals surface area contributed by atoms with Gasteiger partial charge in [-0.05, 0) is 18.7 Å². The Labute approximate surface area is 174 Å². The molecule has 4 rings (SSSR count). The molecule has 0 atom stereocenters. The van der Waals surface area contributed by atoms with Crippen LogP contribution in [0.2, 0.25) is 0 Å². The van der Waals surface area contributed by atoms with Gasteiger partial charge in [0.15, 0.2) is 11.5 Å². The highest BCUT2D eigenvalue weighted by atomic mass is 16.6. The summed E-state index contributed by atoms with van der Waals surface area (Å²) in [6.07, 6.45) is 0.574. The lowest BCUT2D eigenvalue weighted by molar-refractivity contribution is -0.117. The Morgan fingerprint density at radius 2 is 1.90 bits per heavy atom. The summed E-state index contributed by atoms with van der Waals surface area (Å²) in [6, 6.07) is 15.1. The van der Waals surface area contributed by atoms with Gasteiger partial charge in [-0.25, -0.2) is 0 Å². The van der Waals surface area contributed by atoms with Crippen molar-refractivity contribution >= 4 is 11.6 Å². The first-order valence-corrected chi connectivity index (χ1v) is 10.0. The van der Waals surface area contributed by atoms with Crippen LogP contribution in [-0.4, -0.2) is 53.8 Å². The fourth-order valence-electron chi connectivity index (χ4n) is 3.19. The molecule has 0 saturated carbocycles. The third kappa shape index (κ3) is 4.96. The molecule has 0 radical (unpaired) electrons. The standard InChI is InChI=1S/C22H24N4O4/c1-2-26(11-10-21-24-22(25-30-21)16-6-4-3-5-7-16)15-20(27)23-17-8-9-18-19(14-17)29-13-12-28-18/h3-9,14H,2,10-13,15H2,1H3,(H,23,27). The van der Waals surface area contributed by atoms with Gasteiger partial charge in [-0.3, -0.25) is 9.69 Å². The van der Waals surface area contributed by atoms with Crippen molar-refractivity contribution in [3.63, 3.8) is 0 Å².